The summed E-state index contributed by atoms with van der Waals surface area (Å²) in [6.07, 6.45) is -1.74. The number of fused-ring (bicyclic) bond motifs is 2. The molecule has 8 nitrogen and oxygen atoms in total. The lowest BCUT2D eigenvalue weighted by atomic mass is 9.96. The molecule has 0 aromatic carbocycles. The third kappa shape index (κ3) is 4.92. The van der Waals surface area contributed by atoms with Crippen LogP contribution in [0.1, 0.15) is 0 Å². The van der Waals surface area contributed by atoms with Crippen LogP contribution >= 0.6 is 0 Å². The molecular weight excluding hydrogens is 397 g/mol. The van der Waals surface area contributed by atoms with Crippen LogP contribution in [-0.4, -0.2) is 80.5 Å². The number of imide groups is 1. The molecular formula is C18H19F3N2O6. The van der Waals surface area contributed by atoms with Gasteiger partial charge in [-0.3, -0.25) is 19.3 Å². The molecule has 0 spiro atoms. The van der Waals surface area contributed by atoms with E-state index < -0.39 is 35.4 Å². The van der Waals surface area contributed by atoms with Gasteiger partial charge in [0.25, 0.3) is 17.7 Å². The van der Waals surface area contributed by atoms with Crippen LogP contribution in [0.5, 0.6) is 0 Å². The van der Waals surface area contributed by atoms with Gasteiger partial charge in [-0.05, 0) is 0 Å². The van der Waals surface area contributed by atoms with Gasteiger partial charge in [0.1, 0.15) is 12.2 Å². The second-order valence-electron chi connectivity index (χ2n) is 6.33. The Hall–Kier alpha value is -2.50. The van der Waals surface area contributed by atoms with Crippen molar-refractivity contribution in [3.8, 4) is 0 Å². The van der Waals surface area contributed by atoms with Crippen LogP contribution in [0.2, 0.25) is 0 Å². The molecule has 11 heteroatoms. The molecule has 3 aliphatic heterocycles. The van der Waals surface area contributed by atoms with Gasteiger partial charge in [0, 0.05) is 18.7 Å². The van der Waals surface area contributed by atoms with E-state index in [0.717, 1.165) is 4.90 Å². The van der Waals surface area contributed by atoms with Gasteiger partial charge in [0.15, 0.2) is 0 Å². The summed E-state index contributed by atoms with van der Waals surface area (Å²) < 4.78 is 55.0. The van der Waals surface area contributed by atoms with Crippen molar-refractivity contribution in [3.05, 3.63) is 35.5 Å². The van der Waals surface area contributed by atoms with Crippen molar-refractivity contribution in [1.82, 2.24) is 10.2 Å². The zero-order valence-electron chi connectivity index (χ0n) is 15.2. The zero-order chi connectivity index (χ0) is 21.0. The maximum atomic E-state index is 13.1. The quantitative estimate of drug-likeness (QED) is 0.312. The Kier molecular flexibility index (Phi) is 6.50. The second-order valence-corrected chi connectivity index (χ2v) is 6.33. The van der Waals surface area contributed by atoms with E-state index in [4.69, 9.17) is 14.2 Å². The largest absolute Gasteiger partial charge is 0.416 e. The Morgan fingerprint density at radius 1 is 1.03 bits per heavy atom. The first-order valence-electron chi connectivity index (χ1n) is 8.91. The molecule has 0 saturated heterocycles. The van der Waals surface area contributed by atoms with E-state index in [0.29, 0.717) is 0 Å². The lowest BCUT2D eigenvalue weighted by Crippen LogP contribution is -2.34. The van der Waals surface area contributed by atoms with Crippen LogP contribution in [-0.2, 0) is 28.6 Å². The van der Waals surface area contributed by atoms with Crippen molar-refractivity contribution in [2.45, 2.75) is 18.4 Å². The van der Waals surface area contributed by atoms with Gasteiger partial charge in [-0.1, -0.05) is 12.2 Å². The van der Waals surface area contributed by atoms with Crippen LogP contribution in [0.3, 0.4) is 0 Å². The Bertz CT molecular complexity index is 756. The van der Waals surface area contributed by atoms with Crippen molar-refractivity contribution >= 4 is 17.7 Å². The number of hydrogen-bond donors (Lipinski definition) is 1. The smallest absolute Gasteiger partial charge is 0.377 e. The highest BCUT2D eigenvalue weighted by Gasteiger charge is 2.51. The molecule has 3 rings (SSSR count). The van der Waals surface area contributed by atoms with Crippen molar-refractivity contribution in [2.24, 2.45) is 0 Å². The van der Waals surface area contributed by atoms with Crippen LogP contribution in [0, 0.1) is 0 Å². The predicted octanol–water partition coefficient (Wildman–Crippen LogP) is 0.257. The van der Waals surface area contributed by atoms with E-state index in [1.165, 1.54) is 24.3 Å². The number of halogens is 3. The maximum Gasteiger partial charge on any atom is 0.416 e. The number of carbonyl (C=O) groups excluding carboxylic acids is 3. The molecule has 2 atom stereocenters. The molecule has 158 valence electrons. The Labute approximate surface area is 163 Å². The van der Waals surface area contributed by atoms with Crippen molar-refractivity contribution in [3.63, 3.8) is 0 Å². The minimum absolute atomic E-state index is 0.0248. The summed E-state index contributed by atoms with van der Waals surface area (Å²) in [7, 11) is 0. The first-order valence-corrected chi connectivity index (χ1v) is 8.91. The molecule has 3 aliphatic rings. The van der Waals surface area contributed by atoms with Crippen molar-refractivity contribution < 1.29 is 41.8 Å². The van der Waals surface area contributed by atoms with E-state index >= 15 is 0 Å². The fourth-order valence-corrected chi connectivity index (χ4v) is 3.11. The van der Waals surface area contributed by atoms with Gasteiger partial charge in [0.2, 0.25) is 0 Å². The molecule has 0 fully saturated rings. The average Bonchev–Trinajstić information content (AvgIpc) is 3.35. The van der Waals surface area contributed by atoms with Gasteiger partial charge in [-0.15, -0.1) is 0 Å². The van der Waals surface area contributed by atoms with Crippen LogP contribution in [0.4, 0.5) is 13.2 Å². The Morgan fingerprint density at radius 2 is 1.66 bits per heavy atom. The summed E-state index contributed by atoms with van der Waals surface area (Å²) in [5.74, 6) is -1.60. The normalized spacial score (nSPS) is 23.1. The summed E-state index contributed by atoms with van der Waals surface area (Å²) in [6.45, 7) is 0.782. The molecule has 2 bridgehead atoms. The van der Waals surface area contributed by atoms with Crippen LogP contribution in [0.25, 0.3) is 0 Å². The molecule has 3 amide bonds. The number of rotatable bonds is 10. The van der Waals surface area contributed by atoms with E-state index in [1.807, 2.05) is 0 Å². The van der Waals surface area contributed by atoms with Gasteiger partial charge in [0.05, 0.1) is 44.1 Å². The molecule has 29 heavy (non-hydrogen) atoms. The number of alkyl halides is 3. The monoisotopic (exact) mass is 416 g/mol. The lowest BCUT2D eigenvalue weighted by molar-refractivity contribution is -0.137. The van der Waals surface area contributed by atoms with Gasteiger partial charge < -0.3 is 19.5 Å². The molecule has 0 saturated carbocycles. The molecule has 0 aromatic rings. The Morgan fingerprint density at radius 3 is 2.31 bits per heavy atom. The minimum atomic E-state index is -4.63. The maximum absolute atomic E-state index is 13.1. The molecule has 2 unspecified atom stereocenters. The molecule has 0 aromatic heterocycles. The lowest BCUT2D eigenvalue weighted by Gasteiger charge is -2.16. The van der Waals surface area contributed by atoms with Crippen LogP contribution < -0.4 is 5.32 Å². The predicted molar refractivity (Wildman–Crippen MR) is 91.4 cm³/mol. The highest BCUT2D eigenvalue weighted by Crippen LogP contribution is 2.43. The van der Waals surface area contributed by atoms with Crippen molar-refractivity contribution in [2.75, 3.05) is 39.5 Å². The fourth-order valence-electron chi connectivity index (χ4n) is 3.11. The first kappa shape index (κ1) is 21.2. The Balaban J connectivity index is 1.28. The van der Waals surface area contributed by atoms with E-state index in [9.17, 15) is 27.6 Å². The number of hydrogen-bond acceptors (Lipinski definition) is 6. The standard InChI is InChI=1S/C18H19F3N2O6/c19-18(20,21)16-12-2-1-11(29-12)15(16)17(26)22-5-7-27-9-10-28-8-6-23-13(24)3-4-14(23)25/h1-4,11-12H,5-10H2,(H,22,26). The van der Waals surface area contributed by atoms with Gasteiger partial charge in [-0.25, -0.2) is 0 Å². The third-order valence-corrected chi connectivity index (χ3v) is 4.43. The summed E-state index contributed by atoms with van der Waals surface area (Å²) in [6, 6.07) is 0. The molecule has 0 aliphatic carbocycles. The van der Waals surface area contributed by atoms with Gasteiger partial charge in [-0.2, -0.15) is 13.2 Å². The van der Waals surface area contributed by atoms with E-state index in [-0.39, 0.29) is 51.3 Å². The number of ether oxygens (including phenoxy) is 3. The summed E-state index contributed by atoms with van der Waals surface area (Å²) in [4.78, 5) is 35.8. The number of nitrogens with zero attached hydrogens (tertiary/aromatic N) is 1. The average molecular weight is 416 g/mol. The summed E-state index contributed by atoms with van der Waals surface area (Å²) >= 11 is 0. The van der Waals surface area contributed by atoms with Crippen LogP contribution in [0.15, 0.2) is 35.5 Å². The fraction of sp³-hybridized carbons (Fsp3) is 0.500. The number of amides is 3. The van der Waals surface area contributed by atoms with Gasteiger partial charge >= 0.3 is 6.18 Å². The highest BCUT2D eigenvalue weighted by atomic mass is 19.4. The zero-order valence-corrected chi connectivity index (χ0v) is 15.2. The number of carbonyl (C=O) groups is 3. The molecule has 1 N–H and O–H groups in total. The molecule has 3 heterocycles. The second kappa shape index (κ2) is 8.89. The minimum Gasteiger partial charge on any atom is -0.377 e. The summed E-state index contributed by atoms with van der Waals surface area (Å²) in [5.41, 5.74) is -1.36. The topological polar surface area (TPSA) is 94.2 Å². The molecule has 0 radical (unpaired) electrons. The van der Waals surface area contributed by atoms with Crippen molar-refractivity contribution in [1.29, 1.82) is 0 Å². The first-order chi connectivity index (χ1) is 13.8. The highest BCUT2D eigenvalue weighted by molar-refractivity contribution is 6.12. The van der Waals surface area contributed by atoms with E-state index in [2.05, 4.69) is 5.32 Å². The number of nitrogens with one attached hydrogen (secondary N) is 1. The third-order valence-electron chi connectivity index (χ3n) is 4.43. The van der Waals surface area contributed by atoms with E-state index in [1.54, 1.807) is 0 Å². The summed E-state index contributed by atoms with van der Waals surface area (Å²) in [5, 5.41) is 2.40. The SMILES string of the molecule is O=C(NCCOCCOCCN1C(=O)C=CC1=O)C1=C(C(F)(F)F)C2C=CC1O2.